The van der Waals surface area contributed by atoms with E-state index in [9.17, 15) is 14.7 Å². The van der Waals surface area contributed by atoms with Crippen molar-refractivity contribution in [1.82, 2.24) is 0 Å². The van der Waals surface area contributed by atoms with Crippen LogP contribution < -0.4 is 0 Å². The normalized spacial score (nSPS) is 52.5. The Bertz CT molecular complexity index is 513. The van der Waals surface area contributed by atoms with Gasteiger partial charge < -0.3 is 14.6 Å². The van der Waals surface area contributed by atoms with E-state index >= 15 is 0 Å². The standard InChI is InChI=1S/C16H24O5/c1-10-5-6-16-13(2,9-20-4)14(3,19)11(17)7-15(10,16)8-12(18)21-16/h10,19H,5-9H2,1-4H3/t10-,13-,14+,15-,16-/m1/s1. The molecule has 0 radical (unpaired) electrons. The molecular weight excluding hydrogens is 272 g/mol. The molecular formula is C16H24O5. The van der Waals surface area contributed by atoms with Gasteiger partial charge >= 0.3 is 5.97 Å². The van der Waals surface area contributed by atoms with Crippen molar-refractivity contribution < 1.29 is 24.2 Å². The first-order valence-electron chi connectivity index (χ1n) is 7.63. The zero-order valence-corrected chi connectivity index (χ0v) is 13.2. The van der Waals surface area contributed by atoms with E-state index in [1.807, 2.05) is 6.92 Å². The van der Waals surface area contributed by atoms with Gasteiger partial charge in [-0.3, -0.25) is 9.59 Å². The zero-order valence-electron chi connectivity index (χ0n) is 13.2. The maximum absolute atomic E-state index is 12.7. The molecule has 0 amide bonds. The van der Waals surface area contributed by atoms with Crippen molar-refractivity contribution >= 4 is 11.8 Å². The number of hydrogen-bond donors (Lipinski definition) is 1. The molecule has 1 heterocycles. The predicted molar refractivity (Wildman–Crippen MR) is 74.5 cm³/mol. The molecule has 2 saturated carbocycles. The van der Waals surface area contributed by atoms with E-state index in [2.05, 4.69) is 6.92 Å². The fraction of sp³-hybridized carbons (Fsp3) is 0.875. The van der Waals surface area contributed by atoms with Gasteiger partial charge in [0.05, 0.1) is 18.4 Å². The number of carbonyl (C=O) groups excluding carboxylic acids is 2. The smallest absolute Gasteiger partial charge is 0.307 e. The van der Waals surface area contributed by atoms with Crippen LogP contribution >= 0.6 is 0 Å². The Morgan fingerprint density at radius 3 is 2.62 bits per heavy atom. The number of esters is 1. The fourth-order valence-electron chi connectivity index (χ4n) is 5.32. The zero-order chi connectivity index (χ0) is 15.7. The summed E-state index contributed by atoms with van der Waals surface area (Å²) in [7, 11) is 1.55. The van der Waals surface area contributed by atoms with E-state index in [4.69, 9.17) is 9.47 Å². The lowest BCUT2D eigenvalue weighted by atomic mass is 9.46. The Morgan fingerprint density at radius 2 is 2.00 bits per heavy atom. The highest BCUT2D eigenvalue weighted by molar-refractivity contribution is 5.92. The topological polar surface area (TPSA) is 72.8 Å². The highest BCUT2D eigenvalue weighted by atomic mass is 16.6. The van der Waals surface area contributed by atoms with Crippen molar-refractivity contribution in [2.45, 2.75) is 57.7 Å². The van der Waals surface area contributed by atoms with Gasteiger partial charge in [-0.15, -0.1) is 0 Å². The summed E-state index contributed by atoms with van der Waals surface area (Å²) in [5, 5.41) is 10.9. The van der Waals surface area contributed by atoms with Crippen molar-refractivity contribution in [3.63, 3.8) is 0 Å². The minimum Gasteiger partial charge on any atom is -0.458 e. The molecule has 0 bridgehead atoms. The quantitative estimate of drug-likeness (QED) is 0.781. The Kier molecular flexibility index (Phi) is 2.91. The van der Waals surface area contributed by atoms with Crippen LogP contribution in [0, 0.1) is 16.7 Å². The molecule has 2 aliphatic carbocycles. The van der Waals surface area contributed by atoms with Gasteiger partial charge in [-0.1, -0.05) is 13.8 Å². The Labute approximate surface area is 125 Å². The highest BCUT2D eigenvalue weighted by Crippen LogP contribution is 2.71. The van der Waals surface area contributed by atoms with E-state index in [1.165, 1.54) is 0 Å². The second-order valence-electron chi connectivity index (χ2n) is 7.51. The molecule has 21 heavy (non-hydrogen) atoms. The van der Waals surface area contributed by atoms with Gasteiger partial charge in [-0.2, -0.15) is 0 Å². The minimum atomic E-state index is -1.55. The summed E-state index contributed by atoms with van der Waals surface area (Å²) in [4.78, 5) is 24.8. The first-order valence-corrected chi connectivity index (χ1v) is 7.63. The summed E-state index contributed by atoms with van der Waals surface area (Å²) in [6, 6.07) is 0. The lowest BCUT2D eigenvalue weighted by Gasteiger charge is -2.60. The van der Waals surface area contributed by atoms with Gasteiger partial charge in [0.1, 0.15) is 11.2 Å². The van der Waals surface area contributed by atoms with Crippen molar-refractivity contribution in [3.05, 3.63) is 0 Å². The van der Waals surface area contributed by atoms with Crippen LogP contribution in [0.5, 0.6) is 0 Å². The SMILES string of the molecule is COC[C@@]1(C)[C@]23CC[C@@H](C)[C@]2(CC(=O)O3)CC(=O)[C@]1(C)O. The van der Waals surface area contributed by atoms with Gasteiger partial charge in [0.15, 0.2) is 5.78 Å². The summed E-state index contributed by atoms with van der Waals surface area (Å²) in [5.74, 6) is -0.237. The summed E-state index contributed by atoms with van der Waals surface area (Å²) in [5.41, 5.74) is -3.78. The molecule has 0 aromatic rings. The van der Waals surface area contributed by atoms with Crippen LogP contribution in [0.15, 0.2) is 0 Å². The van der Waals surface area contributed by atoms with Gasteiger partial charge in [0, 0.05) is 18.9 Å². The fourth-order valence-corrected chi connectivity index (χ4v) is 5.32. The Hall–Kier alpha value is -0.940. The number of carbonyl (C=O) groups is 2. The number of aliphatic hydroxyl groups is 1. The first kappa shape index (κ1) is 15.0. The average Bonchev–Trinajstić information content (AvgIpc) is 2.82. The number of ketones is 1. The largest absolute Gasteiger partial charge is 0.458 e. The summed E-state index contributed by atoms with van der Waals surface area (Å²) >= 11 is 0. The van der Waals surface area contributed by atoms with Crippen molar-refractivity contribution in [3.8, 4) is 0 Å². The minimum absolute atomic E-state index is 0.188. The number of methoxy groups -OCH3 is 1. The van der Waals surface area contributed by atoms with Crippen molar-refractivity contribution in [2.75, 3.05) is 13.7 Å². The molecule has 0 spiro atoms. The van der Waals surface area contributed by atoms with E-state index < -0.39 is 22.0 Å². The molecule has 0 aromatic heterocycles. The van der Waals surface area contributed by atoms with Gasteiger partial charge in [-0.05, 0) is 25.7 Å². The average molecular weight is 296 g/mol. The van der Waals surface area contributed by atoms with E-state index in [0.29, 0.717) is 6.42 Å². The molecule has 5 heteroatoms. The van der Waals surface area contributed by atoms with E-state index in [1.54, 1.807) is 14.0 Å². The highest BCUT2D eigenvalue weighted by Gasteiger charge is 2.80. The summed E-state index contributed by atoms with van der Waals surface area (Å²) in [6.45, 7) is 5.65. The first-order chi connectivity index (χ1) is 9.67. The van der Waals surface area contributed by atoms with Crippen LogP contribution in [0.2, 0.25) is 0 Å². The molecule has 3 fully saturated rings. The van der Waals surface area contributed by atoms with Crippen LogP contribution in [-0.2, 0) is 19.1 Å². The van der Waals surface area contributed by atoms with E-state index in [0.717, 1.165) is 6.42 Å². The maximum Gasteiger partial charge on any atom is 0.307 e. The summed E-state index contributed by atoms with van der Waals surface area (Å²) < 4.78 is 11.2. The Morgan fingerprint density at radius 1 is 1.33 bits per heavy atom. The molecule has 3 aliphatic rings. The molecule has 1 N–H and O–H groups in total. The third-order valence-corrected chi connectivity index (χ3v) is 6.84. The summed E-state index contributed by atoms with van der Waals surface area (Å²) in [6.07, 6.45) is 2.07. The third kappa shape index (κ3) is 1.39. The van der Waals surface area contributed by atoms with E-state index in [-0.39, 0.29) is 37.1 Å². The monoisotopic (exact) mass is 296 g/mol. The van der Waals surface area contributed by atoms with Gasteiger partial charge in [0.25, 0.3) is 0 Å². The maximum atomic E-state index is 12.7. The van der Waals surface area contributed by atoms with Crippen LogP contribution in [-0.4, -0.2) is 41.8 Å². The molecule has 118 valence electrons. The number of Topliss-reactive ketones (excluding diaryl/α,β-unsaturated/α-hetero) is 1. The molecule has 3 rings (SSSR count). The van der Waals surface area contributed by atoms with Crippen LogP contribution in [0.4, 0.5) is 0 Å². The van der Waals surface area contributed by atoms with Crippen LogP contribution in [0.1, 0.15) is 46.5 Å². The predicted octanol–water partition coefficient (Wildman–Crippen LogP) is 1.46. The number of rotatable bonds is 2. The number of hydrogen-bond acceptors (Lipinski definition) is 5. The molecule has 0 aromatic carbocycles. The molecule has 5 nitrogen and oxygen atoms in total. The van der Waals surface area contributed by atoms with Gasteiger partial charge in [-0.25, -0.2) is 0 Å². The van der Waals surface area contributed by atoms with Crippen molar-refractivity contribution in [1.29, 1.82) is 0 Å². The van der Waals surface area contributed by atoms with Crippen LogP contribution in [0.3, 0.4) is 0 Å². The van der Waals surface area contributed by atoms with Crippen LogP contribution in [0.25, 0.3) is 0 Å². The lowest BCUT2D eigenvalue weighted by molar-refractivity contribution is -0.247. The molecule has 0 unspecified atom stereocenters. The van der Waals surface area contributed by atoms with Crippen molar-refractivity contribution in [2.24, 2.45) is 16.7 Å². The second-order valence-corrected chi connectivity index (χ2v) is 7.51. The number of ether oxygens (including phenoxy) is 2. The molecule has 1 aliphatic heterocycles. The lowest BCUT2D eigenvalue weighted by Crippen LogP contribution is -2.72. The second kappa shape index (κ2) is 4.07. The van der Waals surface area contributed by atoms with Gasteiger partial charge in [0.2, 0.25) is 0 Å². The Balaban J connectivity index is 2.25. The third-order valence-electron chi connectivity index (χ3n) is 6.84. The molecule has 1 saturated heterocycles. The molecule has 5 atom stereocenters.